The molecule has 0 aliphatic heterocycles. The normalized spacial score (nSPS) is 9.57. The number of rotatable bonds is 3. The van der Waals surface area contributed by atoms with E-state index in [1.165, 1.54) is 5.56 Å². The van der Waals surface area contributed by atoms with E-state index < -0.39 is 0 Å². The molecular weight excluding hydrogens is 176 g/mol. The van der Waals surface area contributed by atoms with Crippen LogP contribution < -0.4 is 10.6 Å². The molecule has 1 aromatic carbocycles. The van der Waals surface area contributed by atoms with Crippen molar-refractivity contribution in [1.29, 1.82) is 0 Å². The molecule has 0 heterocycles. The predicted molar refractivity (Wildman–Crippen MR) is 58.5 cm³/mol. The van der Waals surface area contributed by atoms with Crippen LogP contribution in [-0.4, -0.2) is 13.1 Å². The first kappa shape index (κ1) is 10.6. The number of carbonyl (C=O) groups is 1. The third-order valence-corrected chi connectivity index (χ3v) is 1.98. The number of carbonyl (C=O) groups excluding carboxylic acids is 1. The predicted octanol–water partition coefficient (Wildman–Crippen LogP) is 2.39. The van der Waals surface area contributed by atoms with E-state index in [0.717, 1.165) is 18.5 Å². The largest absolute Gasteiger partial charge is 0.341 e. The fourth-order valence-electron chi connectivity index (χ4n) is 1.24. The number of hydrogen-bond acceptors (Lipinski definition) is 1. The Hall–Kier alpha value is -1.51. The van der Waals surface area contributed by atoms with Gasteiger partial charge in [-0.05, 0) is 24.1 Å². The number of nitrogens with one attached hydrogen (secondary N) is 2. The van der Waals surface area contributed by atoms with Gasteiger partial charge < -0.3 is 10.6 Å². The molecule has 0 radical (unpaired) electrons. The number of anilines is 1. The van der Waals surface area contributed by atoms with Crippen LogP contribution in [-0.2, 0) is 6.42 Å². The highest BCUT2D eigenvalue weighted by Gasteiger charge is 1.97. The van der Waals surface area contributed by atoms with E-state index in [9.17, 15) is 4.79 Å². The van der Waals surface area contributed by atoms with Gasteiger partial charge in [0.25, 0.3) is 0 Å². The highest BCUT2D eigenvalue weighted by molar-refractivity contribution is 5.88. The molecule has 1 aromatic rings. The second-order valence-corrected chi connectivity index (χ2v) is 3.15. The maximum absolute atomic E-state index is 11.0. The van der Waals surface area contributed by atoms with Gasteiger partial charge in [0.05, 0.1) is 0 Å². The third kappa shape index (κ3) is 3.09. The van der Waals surface area contributed by atoms with E-state index >= 15 is 0 Å². The average Bonchev–Trinajstić information content (AvgIpc) is 2.21. The number of hydrogen-bond donors (Lipinski definition) is 2. The zero-order valence-corrected chi connectivity index (χ0v) is 8.63. The van der Waals surface area contributed by atoms with Gasteiger partial charge in [-0.15, -0.1) is 0 Å². The summed E-state index contributed by atoms with van der Waals surface area (Å²) in [7, 11) is 1.60. The van der Waals surface area contributed by atoms with Gasteiger partial charge in [0.2, 0.25) is 0 Å². The maximum atomic E-state index is 11.0. The molecule has 0 saturated carbocycles. The monoisotopic (exact) mass is 192 g/mol. The van der Waals surface area contributed by atoms with Crippen molar-refractivity contribution in [2.45, 2.75) is 19.8 Å². The topological polar surface area (TPSA) is 41.1 Å². The Morgan fingerprint density at radius 2 is 1.93 bits per heavy atom. The smallest absolute Gasteiger partial charge is 0.318 e. The molecule has 3 nitrogen and oxygen atoms in total. The zero-order chi connectivity index (χ0) is 10.4. The molecular formula is C11H16N2O. The molecule has 14 heavy (non-hydrogen) atoms. The van der Waals surface area contributed by atoms with Crippen LogP contribution in [0.15, 0.2) is 24.3 Å². The third-order valence-electron chi connectivity index (χ3n) is 1.98. The SMILES string of the molecule is CCCc1ccc(NC(=O)NC)cc1. The van der Waals surface area contributed by atoms with Crippen LogP contribution in [0.3, 0.4) is 0 Å². The summed E-state index contributed by atoms with van der Waals surface area (Å²) in [6.07, 6.45) is 2.22. The molecule has 3 heteroatoms. The Labute approximate surface area is 84.5 Å². The Morgan fingerprint density at radius 1 is 1.29 bits per heavy atom. The second kappa shape index (κ2) is 5.27. The molecule has 0 aromatic heterocycles. The van der Waals surface area contributed by atoms with Gasteiger partial charge in [0.1, 0.15) is 0 Å². The van der Waals surface area contributed by atoms with Crippen LogP contribution in [0.5, 0.6) is 0 Å². The number of aryl methyl sites for hydroxylation is 1. The molecule has 0 aliphatic rings. The minimum Gasteiger partial charge on any atom is -0.341 e. The van der Waals surface area contributed by atoms with Gasteiger partial charge in [-0.2, -0.15) is 0 Å². The molecule has 2 N–H and O–H groups in total. The average molecular weight is 192 g/mol. The lowest BCUT2D eigenvalue weighted by molar-refractivity contribution is 0.254. The summed E-state index contributed by atoms with van der Waals surface area (Å²) in [6.45, 7) is 2.15. The van der Waals surface area contributed by atoms with Crippen LogP contribution in [0.2, 0.25) is 0 Å². The molecule has 0 unspecified atom stereocenters. The summed E-state index contributed by atoms with van der Waals surface area (Å²) >= 11 is 0. The Bertz CT molecular complexity index is 293. The summed E-state index contributed by atoms with van der Waals surface area (Å²) in [6, 6.07) is 7.72. The standard InChI is InChI=1S/C11H16N2O/c1-3-4-9-5-7-10(8-6-9)13-11(14)12-2/h5-8H,3-4H2,1-2H3,(H2,12,13,14). The first-order valence-electron chi connectivity index (χ1n) is 4.84. The number of urea groups is 1. The summed E-state index contributed by atoms with van der Waals surface area (Å²) in [5.41, 5.74) is 2.12. The van der Waals surface area contributed by atoms with Crippen molar-refractivity contribution in [3.05, 3.63) is 29.8 Å². The highest BCUT2D eigenvalue weighted by Crippen LogP contribution is 2.10. The molecule has 0 atom stereocenters. The molecule has 0 saturated heterocycles. The molecule has 1 rings (SSSR count). The van der Waals surface area contributed by atoms with Crippen molar-refractivity contribution in [1.82, 2.24) is 5.32 Å². The molecule has 0 fully saturated rings. The van der Waals surface area contributed by atoms with E-state index in [0.29, 0.717) is 0 Å². The zero-order valence-electron chi connectivity index (χ0n) is 8.63. The minimum atomic E-state index is -0.187. The van der Waals surface area contributed by atoms with Crippen molar-refractivity contribution in [3.8, 4) is 0 Å². The van der Waals surface area contributed by atoms with E-state index in [1.807, 2.05) is 24.3 Å². The minimum absolute atomic E-state index is 0.187. The Morgan fingerprint density at radius 3 is 2.43 bits per heavy atom. The van der Waals surface area contributed by atoms with Gasteiger partial charge in [-0.25, -0.2) is 4.79 Å². The van der Waals surface area contributed by atoms with Gasteiger partial charge in [0.15, 0.2) is 0 Å². The molecule has 2 amide bonds. The first-order valence-corrected chi connectivity index (χ1v) is 4.84. The summed E-state index contributed by atoms with van der Waals surface area (Å²) in [5.74, 6) is 0. The van der Waals surface area contributed by atoms with Gasteiger partial charge >= 0.3 is 6.03 Å². The Balaban J connectivity index is 2.59. The lowest BCUT2D eigenvalue weighted by Crippen LogP contribution is -2.24. The van der Waals surface area contributed by atoms with Crippen LogP contribution in [0.4, 0.5) is 10.5 Å². The lowest BCUT2D eigenvalue weighted by Gasteiger charge is -2.05. The van der Waals surface area contributed by atoms with Crippen molar-refractivity contribution in [2.75, 3.05) is 12.4 Å². The lowest BCUT2D eigenvalue weighted by atomic mass is 10.1. The van der Waals surface area contributed by atoms with Gasteiger partial charge in [-0.3, -0.25) is 0 Å². The fraction of sp³-hybridized carbons (Fsp3) is 0.364. The van der Waals surface area contributed by atoms with E-state index in [4.69, 9.17) is 0 Å². The highest BCUT2D eigenvalue weighted by atomic mass is 16.2. The van der Waals surface area contributed by atoms with Crippen molar-refractivity contribution < 1.29 is 4.79 Å². The summed E-state index contributed by atoms with van der Waals surface area (Å²) in [5, 5.41) is 5.21. The summed E-state index contributed by atoms with van der Waals surface area (Å²) < 4.78 is 0. The molecule has 0 aliphatic carbocycles. The fourth-order valence-corrected chi connectivity index (χ4v) is 1.24. The number of benzene rings is 1. The van der Waals surface area contributed by atoms with Crippen LogP contribution in [0.1, 0.15) is 18.9 Å². The summed E-state index contributed by atoms with van der Waals surface area (Å²) in [4.78, 5) is 11.0. The van der Waals surface area contributed by atoms with Crippen molar-refractivity contribution >= 4 is 11.7 Å². The van der Waals surface area contributed by atoms with Crippen molar-refractivity contribution in [2.24, 2.45) is 0 Å². The van der Waals surface area contributed by atoms with Crippen LogP contribution in [0, 0.1) is 0 Å². The quantitative estimate of drug-likeness (QED) is 0.758. The second-order valence-electron chi connectivity index (χ2n) is 3.15. The maximum Gasteiger partial charge on any atom is 0.318 e. The number of amides is 2. The van der Waals surface area contributed by atoms with Crippen molar-refractivity contribution in [3.63, 3.8) is 0 Å². The molecule has 76 valence electrons. The van der Waals surface area contributed by atoms with Gasteiger partial charge in [-0.1, -0.05) is 25.5 Å². The van der Waals surface area contributed by atoms with Crippen LogP contribution in [0.25, 0.3) is 0 Å². The van der Waals surface area contributed by atoms with Crippen LogP contribution >= 0.6 is 0 Å². The first-order chi connectivity index (χ1) is 6.76. The Kier molecular flexibility index (Phi) is 3.98. The van der Waals surface area contributed by atoms with E-state index in [-0.39, 0.29) is 6.03 Å². The van der Waals surface area contributed by atoms with Gasteiger partial charge in [0, 0.05) is 12.7 Å². The van der Waals surface area contributed by atoms with E-state index in [2.05, 4.69) is 17.6 Å². The van der Waals surface area contributed by atoms with E-state index in [1.54, 1.807) is 7.05 Å². The molecule has 0 spiro atoms. The molecule has 0 bridgehead atoms.